The molecule has 1 fully saturated rings. The predicted molar refractivity (Wildman–Crippen MR) is 57.5 cm³/mol. The second-order valence-corrected chi connectivity index (χ2v) is 4.06. The summed E-state index contributed by atoms with van der Waals surface area (Å²) in [5.74, 6) is 0. The SMILES string of the molecule is CN1CCC(n2cnc(=O)c(CN)c2)C1. The first-order valence-electron chi connectivity index (χ1n) is 5.16. The maximum absolute atomic E-state index is 11.3. The maximum Gasteiger partial charge on any atom is 0.277 e. The van der Waals surface area contributed by atoms with Gasteiger partial charge in [-0.1, -0.05) is 0 Å². The van der Waals surface area contributed by atoms with Gasteiger partial charge in [0.1, 0.15) is 0 Å². The molecule has 1 atom stereocenters. The van der Waals surface area contributed by atoms with Crippen molar-refractivity contribution in [3.63, 3.8) is 0 Å². The lowest BCUT2D eigenvalue weighted by atomic mass is 10.2. The van der Waals surface area contributed by atoms with E-state index < -0.39 is 0 Å². The fourth-order valence-corrected chi connectivity index (χ4v) is 1.97. The van der Waals surface area contributed by atoms with E-state index in [-0.39, 0.29) is 12.1 Å². The minimum absolute atomic E-state index is 0.208. The molecule has 2 rings (SSSR count). The van der Waals surface area contributed by atoms with E-state index in [4.69, 9.17) is 5.73 Å². The molecule has 0 bridgehead atoms. The summed E-state index contributed by atoms with van der Waals surface area (Å²) in [7, 11) is 2.10. The summed E-state index contributed by atoms with van der Waals surface area (Å²) in [4.78, 5) is 17.4. The van der Waals surface area contributed by atoms with Crippen LogP contribution < -0.4 is 11.3 Å². The van der Waals surface area contributed by atoms with Crippen molar-refractivity contribution in [2.45, 2.75) is 19.0 Å². The number of aromatic nitrogens is 2. The van der Waals surface area contributed by atoms with Crippen molar-refractivity contribution in [1.82, 2.24) is 14.5 Å². The van der Waals surface area contributed by atoms with Crippen molar-refractivity contribution in [2.24, 2.45) is 5.73 Å². The van der Waals surface area contributed by atoms with Gasteiger partial charge in [-0.25, -0.2) is 0 Å². The van der Waals surface area contributed by atoms with Crippen LogP contribution in [0.3, 0.4) is 0 Å². The Balaban J connectivity index is 2.25. The van der Waals surface area contributed by atoms with Crippen molar-refractivity contribution in [3.8, 4) is 0 Å². The molecule has 1 aliphatic rings. The smallest absolute Gasteiger partial charge is 0.277 e. The van der Waals surface area contributed by atoms with Gasteiger partial charge in [0.25, 0.3) is 5.56 Å². The normalized spacial score (nSPS) is 22.1. The molecule has 82 valence electrons. The second kappa shape index (κ2) is 4.12. The van der Waals surface area contributed by atoms with E-state index in [9.17, 15) is 4.79 Å². The summed E-state index contributed by atoms with van der Waals surface area (Å²) in [6, 6.07) is 0.424. The Hall–Kier alpha value is -1.20. The van der Waals surface area contributed by atoms with Gasteiger partial charge in [-0.05, 0) is 20.0 Å². The van der Waals surface area contributed by atoms with Crippen LogP contribution in [-0.2, 0) is 6.54 Å². The first-order valence-corrected chi connectivity index (χ1v) is 5.16. The average Bonchev–Trinajstić information content (AvgIpc) is 2.66. The van der Waals surface area contributed by atoms with Crippen LogP contribution in [0.4, 0.5) is 0 Å². The Morgan fingerprint density at radius 1 is 1.67 bits per heavy atom. The Labute approximate surface area is 88.5 Å². The highest BCUT2D eigenvalue weighted by molar-refractivity contribution is 5.04. The summed E-state index contributed by atoms with van der Waals surface area (Å²) in [5, 5.41) is 0. The Morgan fingerprint density at radius 3 is 3.07 bits per heavy atom. The molecule has 5 nitrogen and oxygen atoms in total. The Kier molecular flexibility index (Phi) is 2.83. The van der Waals surface area contributed by atoms with E-state index >= 15 is 0 Å². The number of rotatable bonds is 2. The third kappa shape index (κ3) is 2.08. The molecule has 1 aromatic heterocycles. The molecule has 1 aromatic rings. The van der Waals surface area contributed by atoms with Crippen LogP contribution in [0.25, 0.3) is 0 Å². The average molecular weight is 208 g/mol. The third-order valence-corrected chi connectivity index (χ3v) is 2.90. The molecule has 0 spiro atoms. The van der Waals surface area contributed by atoms with Crippen LogP contribution in [-0.4, -0.2) is 34.6 Å². The van der Waals surface area contributed by atoms with E-state index in [2.05, 4.69) is 16.9 Å². The van der Waals surface area contributed by atoms with Crippen molar-refractivity contribution in [1.29, 1.82) is 0 Å². The standard InChI is InChI=1S/C10H16N4O/c1-13-3-2-9(6-13)14-5-8(4-11)10(15)12-7-14/h5,7,9H,2-4,6,11H2,1H3. The molecule has 0 saturated carbocycles. The summed E-state index contributed by atoms with van der Waals surface area (Å²) in [6.07, 6.45) is 4.55. The van der Waals surface area contributed by atoms with Gasteiger partial charge in [0.05, 0.1) is 6.33 Å². The highest BCUT2D eigenvalue weighted by Crippen LogP contribution is 2.19. The van der Waals surface area contributed by atoms with Crippen LogP contribution in [0, 0.1) is 0 Å². The zero-order valence-corrected chi connectivity index (χ0v) is 8.89. The number of nitrogens with two attached hydrogens (primary N) is 1. The highest BCUT2D eigenvalue weighted by atomic mass is 16.1. The van der Waals surface area contributed by atoms with Crippen LogP contribution in [0.2, 0.25) is 0 Å². The molecule has 5 heteroatoms. The summed E-state index contributed by atoms with van der Waals surface area (Å²) in [5.41, 5.74) is 5.86. The Bertz CT molecular complexity index is 401. The van der Waals surface area contributed by atoms with Gasteiger partial charge in [-0.3, -0.25) is 4.79 Å². The molecule has 0 amide bonds. The Morgan fingerprint density at radius 2 is 2.47 bits per heavy atom. The molecular formula is C10H16N4O. The summed E-state index contributed by atoms with van der Waals surface area (Å²) in [6.45, 7) is 2.36. The molecule has 0 radical (unpaired) electrons. The lowest BCUT2D eigenvalue weighted by Gasteiger charge is -2.14. The zero-order chi connectivity index (χ0) is 10.8. The van der Waals surface area contributed by atoms with Crippen molar-refractivity contribution >= 4 is 0 Å². The van der Waals surface area contributed by atoms with Crippen molar-refractivity contribution in [3.05, 3.63) is 28.4 Å². The molecule has 2 heterocycles. The largest absolute Gasteiger partial charge is 0.334 e. The highest BCUT2D eigenvalue weighted by Gasteiger charge is 2.20. The van der Waals surface area contributed by atoms with E-state index in [0.717, 1.165) is 19.5 Å². The van der Waals surface area contributed by atoms with Gasteiger partial charge >= 0.3 is 0 Å². The van der Waals surface area contributed by atoms with Gasteiger partial charge in [0.2, 0.25) is 0 Å². The number of likely N-dealkylation sites (N-methyl/N-ethyl adjacent to an activating group) is 1. The van der Waals surface area contributed by atoms with Crippen molar-refractivity contribution in [2.75, 3.05) is 20.1 Å². The fraction of sp³-hybridized carbons (Fsp3) is 0.600. The molecule has 1 unspecified atom stereocenters. The molecule has 1 saturated heterocycles. The second-order valence-electron chi connectivity index (χ2n) is 4.06. The fourth-order valence-electron chi connectivity index (χ4n) is 1.97. The molecule has 0 aliphatic carbocycles. The number of hydrogen-bond donors (Lipinski definition) is 1. The van der Waals surface area contributed by atoms with E-state index in [0.29, 0.717) is 11.6 Å². The maximum atomic E-state index is 11.3. The third-order valence-electron chi connectivity index (χ3n) is 2.90. The number of hydrogen-bond acceptors (Lipinski definition) is 4. The molecular weight excluding hydrogens is 192 g/mol. The van der Waals surface area contributed by atoms with Crippen LogP contribution in [0.1, 0.15) is 18.0 Å². The summed E-state index contributed by atoms with van der Waals surface area (Å²) < 4.78 is 2.01. The van der Waals surface area contributed by atoms with Crippen LogP contribution >= 0.6 is 0 Å². The zero-order valence-electron chi connectivity index (χ0n) is 8.89. The molecule has 2 N–H and O–H groups in total. The van der Waals surface area contributed by atoms with Gasteiger partial charge in [0.15, 0.2) is 0 Å². The van der Waals surface area contributed by atoms with Gasteiger partial charge in [-0.2, -0.15) is 4.98 Å². The van der Waals surface area contributed by atoms with Gasteiger partial charge < -0.3 is 15.2 Å². The van der Waals surface area contributed by atoms with Gasteiger partial charge in [0, 0.05) is 30.9 Å². The van der Waals surface area contributed by atoms with E-state index in [1.165, 1.54) is 0 Å². The molecule has 0 aromatic carbocycles. The van der Waals surface area contributed by atoms with Crippen molar-refractivity contribution < 1.29 is 0 Å². The molecule has 1 aliphatic heterocycles. The van der Waals surface area contributed by atoms with E-state index in [1.807, 2.05) is 10.8 Å². The van der Waals surface area contributed by atoms with E-state index in [1.54, 1.807) is 6.33 Å². The first kappa shape index (κ1) is 10.3. The lowest BCUT2D eigenvalue weighted by Crippen LogP contribution is -2.22. The minimum Gasteiger partial charge on any atom is -0.334 e. The minimum atomic E-state index is -0.208. The molecule has 15 heavy (non-hydrogen) atoms. The monoisotopic (exact) mass is 208 g/mol. The first-order chi connectivity index (χ1) is 7.20. The predicted octanol–water partition coefficient (Wildman–Crippen LogP) is -0.421. The lowest BCUT2D eigenvalue weighted by molar-refractivity contribution is 0.390. The number of nitrogens with zero attached hydrogens (tertiary/aromatic N) is 3. The topological polar surface area (TPSA) is 64.2 Å². The quantitative estimate of drug-likeness (QED) is 0.717. The van der Waals surface area contributed by atoms with Crippen LogP contribution in [0.15, 0.2) is 17.3 Å². The van der Waals surface area contributed by atoms with Gasteiger partial charge in [-0.15, -0.1) is 0 Å². The summed E-state index contributed by atoms with van der Waals surface area (Å²) >= 11 is 0. The number of likely N-dealkylation sites (tertiary alicyclic amines) is 1. The van der Waals surface area contributed by atoms with Crippen LogP contribution in [0.5, 0.6) is 0 Å².